The molecule has 1 fully saturated rings. The Balaban J connectivity index is 1.55. The molecule has 1 saturated carbocycles. The summed E-state index contributed by atoms with van der Waals surface area (Å²) < 4.78 is 5.67. The van der Waals surface area contributed by atoms with E-state index in [9.17, 15) is 0 Å². The molecule has 0 aliphatic heterocycles. The molecule has 3 N–H and O–H groups in total. The van der Waals surface area contributed by atoms with Crippen LogP contribution in [0.5, 0.6) is 5.88 Å². The van der Waals surface area contributed by atoms with Crippen LogP contribution in [0.2, 0.25) is 0 Å². The highest BCUT2D eigenvalue weighted by molar-refractivity contribution is 5.92. The lowest BCUT2D eigenvalue weighted by Crippen LogP contribution is -2.22. The number of anilines is 1. The number of guanidine groups is 1. The normalized spacial score (nSPS) is 14.6. The van der Waals surface area contributed by atoms with Crippen LogP contribution in [0.4, 0.5) is 5.69 Å². The van der Waals surface area contributed by atoms with Gasteiger partial charge in [-0.15, -0.1) is 0 Å². The van der Waals surface area contributed by atoms with Gasteiger partial charge in [0.05, 0.1) is 13.2 Å². The molecule has 0 saturated heterocycles. The standard InChI is InChI=1S/C17H20N4O/c18-17(21-15-4-2-1-3-5-15)20-11-14-8-9-19-16(10-14)22-12-13-6-7-13/h1-5,8-10,13H,6-7,11-12H2,(H3,18,20,21). The zero-order valence-electron chi connectivity index (χ0n) is 12.4. The van der Waals surface area contributed by atoms with Crippen molar-refractivity contribution in [3.63, 3.8) is 0 Å². The summed E-state index contributed by atoms with van der Waals surface area (Å²) in [6.07, 6.45) is 4.28. The van der Waals surface area contributed by atoms with Crippen LogP contribution in [0.15, 0.2) is 53.7 Å². The fourth-order valence-electron chi connectivity index (χ4n) is 2.00. The molecule has 3 rings (SSSR count). The van der Waals surface area contributed by atoms with Gasteiger partial charge in [0.1, 0.15) is 0 Å². The first-order valence-corrected chi connectivity index (χ1v) is 7.49. The maximum absolute atomic E-state index is 5.89. The van der Waals surface area contributed by atoms with Gasteiger partial charge in [-0.05, 0) is 42.5 Å². The number of benzene rings is 1. The molecule has 0 atom stereocenters. The second-order valence-corrected chi connectivity index (χ2v) is 5.45. The van der Waals surface area contributed by atoms with Crippen LogP contribution in [0.1, 0.15) is 18.4 Å². The molecule has 0 bridgehead atoms. The van der Waals surface area contributed by atoms with Gasteiger partial charge >= 0.3 is 0 Å². The molecule has 0 radical (unpaired) electrons. The van der Waals surface area contributed by atoms with Crippen molar-refractivity contribution >= 4 is 11.6 Å². The number of hydrogen-bond donors (Lipinski definition) is 2. The summed E-state index contributed by atoms with van der Waals surface area (Å²) in [7, 11) is 0. The zero-order valence-corrected chi connectivity index (χ0v) is 12.4. The molecule has 5 nitrogen and oxygen atoms in total. The Kier molecular flexibility index (Phi) is 4.53. The van der Waals surface area contributed by atoms with E-state index in [1.807, 2.05) is 42.5 Å². The number of nitrogens with one attached hydrogen (secondary N) is 1. The highest BCUT2D eigenvalue weighted by Gasteiger charge is 2.22. The third-order valence-electron chi connectivity index (χ3n) is 3.44. The van der Waals surface area contributed by atoms with E-state index in [-0.39, 0.29) is 0 Å². The number of para-hydroxylation sites is 1. The lowest BCUT2D eigenvalue weighted by Gasteiger charge is -2.07. The maximum Gasteiger partial charge on any atom is 0.213 e. The minimum Gasteiger partial charge on any atom is -0.477 e. The Hall–Kier alpha value is -2.56. The minimum atomic E-state index is 0.392. The van der Waals surface area contributed by atoms with Gasteiger partial charge in [0.15, 0.2) is 5.96 Å². The van der Waals surface area contributed by atoms with Crippen LogP contribution in [-0.2, 0) is 6.54 Å². The molecule has 0 amide bonds. The van der Waals surface area contributed by atoms with Crippen LogP contribution in [0, 0.1) is 5.92 Å². The highest BCUT2D eigenvalue weighted by Crippen LogP contribution is 2.29. The monoisotopic (exact) mass is 296 g/mol. The Morgan fingerprint density at radius 3 is 2.86 bits per heavy atom. The maximum atomic E-state index is 5.89. The summed E-state index contributed by atoms with van der Waals surface area (Å²) >= 11 is 0. The molecule has 5 heteroatoms. The summed E-state index contributed by atoms with van der Waals surface area (Å²) in [6.45, 7) is 1.26. The summed E-state index contributed by atoms with van der Waals surface area (Å²) in [6, 6.07) is 13.6. The molecule has 22 heavy (non-hydrogen) atoms. The molecular weight excluding hydrogens is 276 g/mol. The van der Waals surface area contributed by atoms with Crippen molar-refractivity contribution in [1.82, 2.24) is 4.98 Å². The molecule has 114 valence electrons. The van der Waals surface area contributed by atoms with Crippen molar-refractivity contribution in [1.29, 1.82) is 0 Å². The van der Waals surface area contributed by atoms with Gasteiger partial charge < -0.3 is 15.8 Å². The van der Waals surface area contributed by atoms with Crippen LogP contribution >= 0.6 is 0 Å². The number of pyridine rings is 1. The number of aromatic nitrogens is 1. The molecule has 1 aromatic carbocycles. The van der Waals surface area contributed by atoms with Crippen molar-refractivity contribution in [3.8, 4) is 5.88 Å². The zero-order chi connectivity index (χ0) is 15.2. The first kappa shape index (κ1) is 14.4. The average Bonchev–Trinajstić information content (AvgIpc) is 3.37. The molecule has 1 aliphatic rings. The smallest absolute Gasteiger partial charge is 0.213 e. The van der Waals surface area contributed by atoms with Crippen LogP contribution in [-0.4, -0.2) is 17.6 Å². The fraction of sp³-hybridized carbons (Fsp3) is 0.294. The summed E-state index contributed by atoms with van der Waals surface area (Å²) in [5.74, 6) is 1.77. The topological polar surface area (TPSA) is 72.5 Å². The van der Waals surface area contributed by atoms with Gasteiger partial charge in [-0.1, -0.05) is 18.2 Å². The molecule has 2 aromatic rings. The molecule has 1 heterocycles. The van der Waals surface area contributed by atoms with E-state index in [0.29, 0.717) is 24.3 Å². The van der Waals surface area contributed by atoms with E-state index in [2.05, 4.69) is 15.3 Å². The Morgan fingerprint density at radius 1 is 1.27 bits per heavy atom. The molecule has 0 unspecified atom stereocenters. The number of rotatable bonds is 6. The third kappa shape index (κ3) is 4.48. The lowest BCUT2D eigenvalue weighted by molar-refractivity contribution is 0.288. The predicted molar refractivity (Wildman–Crippen MR) is 87.8 cm³/mol. The largest absolute Gasteiger partial charge is 0.477 e. The van der Waals surface area contributed by atoms with Crippen LogP contribution in [0.25, 0.3) is 0 Å². The van der Waals surface area contributed by atoms with Gasteiger partial charge in [0, 0.05) is 18.0 Å². The average molecular weight is 296 g/mol. The number of aliphatic imine (C=N–C) groups is 1. The molecule has 1 aromatic heterocycles. The summed E-state index contributed by atoms with van der Waals surface area (Å²) in [4.78, 5) is 8.55. The van der Waals surface area contributed by atoms with Gasteiger partial charge in [-0.25, -0.2) is 9.98 Å². The molecule has 0 spiro atoms. The van der Waals surface area contributed by atoms with Crippen molar-refractivity contribution in [2.45, 2.75) is 19.4 Å². The predicted octanol–water partition coefficient (Wildman–Crippen LogP) is 2.80. The minimum absolute atomic E-state index is 0.392. The van der Waals surface area contributed by atoms with E-state index in [1.54, 1.807) is 6.20 Å². The number of nitrogens with zero attached hydrogens (tertiary/aromatic N) is 2. The van der Waals surface area contributed by atoms with E-state index in [4.69, 9.17) is 10.5 Å². The number of hydrogen-bond acceptors (Lipinski definition) is 3. The second kappa shape index (κ2) is 6.93. The van der Waals surface area contributed by atoms with Crippen LogP contribution < -0.4 is 15.8 Å². The number of ether oxygens (including phenoxy) is 1. The Bertz CT molecular complexity index is 638. The first-order chi connectivity index (χ1) is 10.8. The van der Waals surface area contributed by atoms with Gasteiger partial charge in [-0.3, -0.25) is 0 Å². The van der Waals surface area contributed by atoms with Gasteiger partial charge in [-0.2, -0.15) is 0 Å². The Labute approximate surface area is 130 Å². The Morgan fingerprint density at radius 2 is 2.09 bits per heavy atom. The second-order valence-electron chi connectivity index (χ2n) is 5.45. The van der Waals surface area contributed by atoms with Crippen molar-refractivity contribution in [3.05, 3.63) is 54.2 Å². The third-order valence-corrected chi connectivity index (χ3v) is 3.44. The van der Waals surface area contributed by atoms with Gasteiger partial charge in [0.25, 0.3) is 0 Å². The lowest BCUT2D eigenvalue weighted by atomic mass is 10.3. The fourth-order valence-corrected chi connectivity index (χ4v) is 2.00. The quantitative estimate of drug-likeness (QED) is 0.635. The van der Waals surface area contributed by atoms with Crippen LogP contribution in [0.3, 0.4) is 0 Å². The van der Waals surface area contributed by atoms with E-state index < -0.39 is 0 Å². The van der Waals surface area contributed by atoms with Crippen molar-refractivity contribution in [2.24, 2.45) is 16.6 Å². The van der Waals surface area contributed by atoms with E-state index in [0.717, 1.165) is 17.9 Å². The summed E-state index contributed by atoms with van der Waals surface area (Å²) in [5.41, 5.74) is 7.84. The number of nitrogens with two attached hydrogens (primary N) is 1. The molecule has 1 aliphatic carbocycles. The van der Waals surface area contributed by atoms with Crippen molar-refractivity contribution < 1.29 is 4.74 Å². The first-order valence-electron chi connectivity index (χ1n) is 7.49. The van der Waals surface area contributed by atoms with Gasteiger partial charge in [0.2, 0.25) is 5.88 Å². The van der Waals surface area contributed by atoms with Crippen molar-refractivity contribution in [2.75, 3.05) is 11.9 Å². The van der Waals surface area contributed by atoms with E-state index in [1.165, 1.54) is 12.8 Å². The highest BCUT2D eigenvalue weighted by atomic mass is 16.5. The SMILES string of the molecule is NC(=NCc1ccnc(OCC2CC2)c1)Nc1ccccc1. The van der Waals surface area contributed by atoms with E-state index >= 15 is 0 Å². The molecular formula is C17H20N4O. The summed E-state index contributed by atoms with van der Waals surface area (Å²) in [5, 5.41) is 3.06.